The summed E-state index contributed by atoms with van der Waals surface area (Å²) in [7, 11) is 1.66. The number of hydrogen-bond acceptors (Lipinski definition) is 3. The average Bonchev–Trinajstić information content (AvgIpc) is 2.43. The van der Waals surface area contributed by atoms with E-state index in [0.717, 1.165) is 19.4 Å². The topological polar surface area (TPSA) is 71.7 Å². The molecule has 0 aliphatic rings. The minimum absolute atomic E-state index is 0.611. The molecule has 5 heteroatoms. The molecule has 0 aromatic heterocycles. The lowest BCUT2D eigenvalue weighted by Crippen LogP contribution is -2.42. The van der Waals surface area contributed by atoms with Gasteiger partial charge in [-0.15, -0.1) is 0 Å². The first kappa shape index (κ1) is 14.5. The third-order valence-electron chi connectivity index (χ3n) is 2.47. The van der Waals surface area contributed by atoms with Crippen molar-refractivity contribution in [1.82, 2.24) is 10.7 Å². The van der Waals surface area contributed by atoms with Crippen LogP contribution in [0.1, 0.15) is 12.0 Å². The van der Waals surface area contributed by atoms with Crippen LogP contribution in [-0.2, 0) is 11.2 Å². The fourth-order valence-corrected chi connectivity index (χ4v) is 1.54. The van der Waals surface area contributed by atoms with Crippen molar-refractivity contribution in [3.8, 4) is 0 Å². The number of rotatable bonds is 7. The van der Waals surface area contributed by atoms with E-state index in [4.69, 9.17) is 10.6 Å². The van der Waals surface area contributed by atoms with Crippen LogP contribution in [-0.4, -0.2) is 32.8 Å². The molecular weight excluding hydrogens is 228 g/mol. The van der Waals surface area contributed by atoms with Crippen LogP contribution in [0.4, 0.5) is 0 Å². The molecule has 0 bridgehead atoms. The van der Waals surface area contributed by atoms with Crippen molar-refractivity contribution >= 4 is 5.96 Å². The van der Waals surface area contributed by atoms with Crippen molar-refractivity contribution < 1.29 is 4.74 Å². The summed E-state index contributed by atoms with van der Waals surface area (Å²) in [5, 5.41) is 3.06. The van der Waals surface area contributed by atoms with Crippen LogP contribution in [0.25, 0.3) is 0 Å². The first-order chi connectivity index (χ1) is 8.86. The standard InChI is InChI=1S/C13H22N4O/c1-18-11-10-16-13(17-14)15-9-5-8-12-6-3-2-4-7-12/h2-4,6-7H,5,8-11,14H2,1H3,(H2,15,16,17). The van der Waals surface area contributed by atoms with Gasteiger partial charge in [0.25, 0.3) is 0 Å². The maximum Gasteiger partial charge on any atom is 0.205 e. The van der Waals surface area contributed by atoms with Crippen molar-refractivity contribution in [2.24, 2.45) is 10.8 Å². The Morgan fingerprint density at radius 1 is 1.33 bits per heavy atom. The highest BCUT2D eigenvalue weighted by Crippen LogP contribution is 2.01. The van der Waals surface area contributed by atoms with Gasteiger partial charge in [-0.25, -0.2) is 5.84 Å². The smallest absolute Gasteiger partial charge is 0.205 e. The Balaban J connectivity index is 2.21. The molecule has 1 aromatic rings. The highest BCUT2D eigenvalue weighted by Gasteiger charge is 1.95. The van der Waals surface area contributed by atoms with Gasteiger partial charge in [0.1, 0.15) is 0 Å². The van der Waals surface area contributed by atoms with E-state index >= 15 is 0 Å². The SMILES string of the molecule is COCCNC(=NCCCc1ccccc1)NN. The minimum Gasteiger partial charge on any atom is -0.383 e. The van der Waals surface area contributed by atoms with E-state index in [2.05, 4.69) is 40.0 Å². The van der Waals surface area contributed by atoms with E-state index in [1.807, 2.05) is 6.07 Å². The fraction of sp³-hybridized carbons (Fsp3) is 0.462. The second kappa shape index (κ2) is 9.44. The number of hydrazine groups is 1. The molecule has 0 amide bonds. The monoisotopic (exact) mass is 250 g/mol. The van der Waals surface area contributed by atoms with Crippen molar-refractivity contribution in [3.63, 3.8) is 0 Å². The van der Waals surface area contributed by atoms with Crippen LogP contribution in [0, 0.1) is 0 Å². The average molecular weight is 250 g/mol. The highest BCUT2D eigenvalue weighted by atomic mass is 16.5. The van der Waals surface area contributed by atoms with Gasteiger partial charge in [0.15, 0.2) is 0 Å². The van der Waals surface area contributed by atoms with E-state index in [9.17, 15) is 0 Å². The zero-order chi connectivity index (χ0) is 13.1. The number of aliphatic imine (C=N–C) groups is 1. The Kier molecular flexibility index (Phi) is 7.59. The summed E-state index contributed by atoms with van der Waals surface area (Å²) in [6.45, 7) is 2.07. The molecule has 5 nitrogen and oxygen atoms in total. The van der Waals surface area contributed by atoms with Gasteiger partial charge in [-0.05, 0) is 18.4 Å². The van der Waals surface area contributed by atoms with Crippen molar-refractivity contribution in [2.75, 3.05) is 26.8 Å². The summed E-state index contributed by atoms with van der Waals surface area (Å²) in [6, 6.07) is 10.4. The van der Waals surface area contributed by atoms with Crippen LogP contribution in [0.15, 0.2) is 35.3 Å². The lowest BCUT2D eigenvalue weighted by molar-refractivity contribution is 0.203. The summed E-state index contributed by atoms with van der Waals surface area (Å²) < 4.78 is 4.93. The number of nitrogens with zero attached hydrogens (tertiary/aromatic N) is 1. The summed E-state index contributed by atoms with van der Waals surface area (Å²) in [5.74, 6) is 5.98. The maximum absolute atomic E-state index is 5.36. The fourth-order valence-electron chi connectivity index (χ4n) is 1.54. The van der Waals surface area contributed by atoms with Gasteiger partial charge < -0.3 is 10.1 Å². The third kappa shape index (κ3) is 6.22. The number of hydrogen-bond donors (Lipinski definition) is 3. The molecule has 0 saturated heterocycles. The van der Waals surface area contributed by atoms with Gasteiger partial charge in [0, 0.05) is 20.2 Å². The molecule has 0 aliphatic heterocycles. The van der Waals surface area contributed by atoms with Crippen molar-refractivity contribution in [3.05, 3.63) is 35.9 Å². The Bertz CT molecular complexity index is 340. The number of ether oxygens (including phenoxy) is 1. The minimum atomic E-state index is 0.611. The summed E-state index contributed by atoms with van der Waals surface area (Å²) >= 11 is 0. The number of methoxy groups -OCH3 is 1. The normalized spacial score (nSPS) is 11.3. The predicted octanol–water partition coefficient (Wildman–Crippen LogP) is 0.675. The zero-order valence-electron chi connectivity index (χ0n) is 10.9. The molecule has 0 heterocycles. The largest absolute Gasteiger partial charge is 0.383 e. The molecule has 0 fully saturated rings. The lowest BCUT2D eigenvalue weighted by atomic mass is 10.1. The molecule has 18 heavy (non-hydrogen) atoms. The maximum atomic E-state index is 5.36. The predicted molar refractivity (Wildman–Crippen MR) is 74.3 cm³/mol. The van der Waals surface area contributed by atoms with E-state index < -0.39 is 0 Å². The van der Waals surface area contributed by atoms with Gasteiger partial charge in [0.05, 0.1) is 6.61 Å². The Labute approximate surface area is 108 Å². The zero-order valence-corrected chi connectivity index (χ0v) is 10.9. The van der Waals surface area contributed by atoms with Crippen LogP contribution in [0.3, 0.4) is 0 Å². The quantitative estimate of drug-likeness (QED) is 0.219. The van der Waals surface area contributed by atoms with Crippen LogP contribution >= 0.6 is 0 Å². The lowest BCUT2D eigenvalue weighted by Gasteiger charge is -2.08. The number of benzene rings is 1. The molecule has 0 radical (unpaired) electrons. The number of nitrogens with two attached hydrogens (primary N) is 1. The second-order valence-corrected chi connectivity index (χ2v) is 3.88. The molecule has 0 unspecified atom stereocenters. The molecular formula is C13H22N4O. The second-order valence-electron chi connectivity index (χ2n) is 3.88. The molecule has 1 rings (SSSR count). The van der Waals surface area contributed by atoms with E-state index in [1.165, 1.54) is 5.56 Å². The third-order valence-corrected chi connectivity index (χ3v) is 2.47. The molecule has 0 atom stereocenters. The highest BCUT2D eigenvalue weighted by molar-refractivity contribution is 5.79. The molecule has 4 N–H and O–H groups in total. The molecule has 0 aliphatic carbocycles. The first-order valence-electron chi connectivity index (χ1n) is 6.14. The molecule has 1 aromatic carbocycles. The Morgan fingerprint density at radius 3 is 2.78 bits per heavy atom. The van der Waals surface area contributed by atoms with E-state index in [-0.39, 0.29) is 0 Å². The van der Waals surface area contributed by atoms with Crippen LogP contribution < -0.4 is 16.6 Å². The van der Waals surface area contributed by atoms with Crippen molar-refractivity contribution in [1.29, 1.82) is 0 Å². The van der Waals surface area contributed by atoms with E-state index in [0.29, 0.717) is 19.1 Å². The summed E-state index contributed by atoms with van der Waals surface area (Å²) in [6.07, 6.45) is 2.03. The van der Waals surface area contributed by atoms with Crippen LogP contribution in [0.5, 0.6) is 0 Å². The van der Waals surface area contributed by atoms with E-state index in [1.54, 1.807) is 7.11 Å². The van der Waals surface area contributed by atoms with Gasteiger partial charge in [0.2, 0.25) is 5.96 Å². The molecule has 0 saturated carbocycles. The number of guanidine groups is 1. The Morgan fingerprint density at radius 2 is 2.11 bits per heavy atom. The van der Waals surface area contributed by atoms with Crippen molar-refractivity contribution in [2.45, 2.75) is 12.8 Å². The van der Waals surface area contributed by atoms with Gasteiger partial charge in [-0.3, -0.25) is 10.4 Å². The van der Waals surface area contributed by atoms with Crippen LogP contribution in [0.2, 0.25) is 0 Å². The van der Waals surface area contributed by atoms with Gasteiger partial charge in [-0.2, -0.15) is 0 Å². The molecule has 0 spiro atoms. The molecule has 100 valence electrons. The summed E-state index contributed by atoms with van der Waals surface area (Å²) in [5.41, 5.74) is 3.88. The van der Waals surface area contributed by atoms with Gasteiger partial charge in [-0.1, -0.05) is 30.3 Å². The number of aryl methyl sites for hydroxylation is 1. The summed E-state index contributed by atoms with van der Waals surface area (Å²) in [4.78, 5) is 4.34. The number of nitrogens with one attached hydrogen (secondary N) is 2. The Hall–Kier alpha value is -1.59. The van der Waals surface area contributed by atoms with Gasteiger partial charge >= 0.3 is 0 Å². The first-order valence-corrected chi connectivity index (χ1v) is 6.14.